The second-order valence-electron chi connectivity index (χ2n) is 4.77. The van der Waals surface area contributed by atoms with Crippen molar-refractivity contribution in [1.82, 2.24) is 4.72 Å². The minimum atomic E-state index is -4.14. The summed E-state index contributed by atoms with van der Waals surface area (Å²) in [4.78, 5) is 11.4. The molecule has 2 N–H and O–H groups in total. The van der Waals surface area contributed by atoms with E-state index in [9.17, 15) is 18.3 Å². The van der Waals surface area contributed by atoms with Gasteiger partial charge >= 0.3 is 5.97 Å². The molecule has 0 aliphatic heterocycles. The lowest BCUT2D eigenvalue weighted by Crippen LogP contribution is -2.42. The number of hydrogen-bond donors (Lipinski definition) is 2. The minimum Gasteiger partial charge on any atom is -0.480 e. The molecule has 6 heteroatoms. The molecule has 2 rings (SSSR count). The van der Waals surface area contributed by atoms with Gasteiger partial charge in [-0.3, -0.25) is 4.79 Å². The Morgan fingerprint density at radius 1 is 1.05 bits per heavy atom. The van der Waals surface area contributed by atoms with Crippen LogP contribution in [0.4, 0.5) is 0 Å². The molecule has 0 aliphatic carbocycles. The predicted octanol–water partition coefficient (Wildman–Crippen LogP) is 1.80. The number of rotatable bonds is 7. The molecule has 0 heterocycles. The van der Waals surface area contributed by atoms with Crippen LogP contribution in [0.15, 0.2) is 60.7 Å². The summed E-state index contributed by atoms with van der Waals surface area (Å²) in [6, 6.07) is 15.4. The van der Waals surface area contributed by atoms with Crippen LogP contribution >= 0.6 is 0 Å². The minimum absolute atomic E-state index is 0.0108. The van der Waals surface area contributed by atoms with E-state index in [1.54, 1.807) is 48.5 Å². The fourth-order valence-electron chi connectivity index (χ4n) is 1.97. The van der Waals surface area contributed by atoms with Crippen LogP contribution in [-0.2, 0) is 27.0 Å². The van der Waals surface area contributed by atoms with E-state index in [4.69, 9.17) is 1.37 Å². The van der Waals surface area contributed by atoms with Crippen LogP contribution in [0, 0.1) is 0 Å². The first kappa shape index (κ1) is 14.7. The summed E-state index contributed by atoms with van der Waals surface area (Å²) in [5, 5.41) is 9.26. The molecule has 0 aromatic heterocycles. The van der Waals surface area contributed by atoms with Crippen molar-refractivity contribution in [1.29, 1.82) is 0 Å². The fourth-order valence-corrected chi connectivity index (χ4v) is 3.14. The standard InChI is InChI=1S/C16H17NO4S/c18-16(19)15(11-13-7-3-1-4-8-13)17-22(20,21)12-14-9-5-2-6-10-14/h1-10,15,17H,11-12H2,(H,18,19)/t15-/m0/s1/i12D/t12?,15-. The van der Waals surface area contributed by atoms with Crippen LogP contribution in [0.3, 0.4) is 0 Å². The smallest absolute Gasteiger partial charge is 0.322 e. The average molecular weight is 320 g/mol. The van der Waals surface area contributed by atoms with Crippen molar-refractivity contribution < 1.29 is 19.7 Å². The van der Waals surface area contributed by atoms with E-state index in [0.717, 1.165) is 0 Å². The van der Waals surface area contributed by atoms with Crippen molar-refractivity contribution in [3.63, 3.8) is 0 Å². The number of nitrogens with one attached hydrogen (secondary N) is 1. The second-order valence-corrected chi connectivity index (χ2v) is 6.33. The molecule has 0 saturated heterocycles. The van der Waals surface area contributed by atoms with Crippen molar-refractivity contribution in [3.8, 4) is 0 Å². The molecule has 2 aromatic rings. The monoisotopic (exact) mass is 320 g/mol. The lowest BCUT2D eigenvalue weighted by Gasteiger charge is -2.15. The molecule has 116 valence electrons. The third-order valence-electron chi connectivity index (χ3n) is 2.98. The molecule has 0 bridgehead atoms. The Morgan fingerprint density at radius 3 is 2.05 bits per heavy atom. The highest BCUT2D eigenvalue weighted by Crippen LogP contribution is 2.08. The van der Waals surface area contributed by atoms with E-state index in [1.165, 1.54) is 12.1 Å². The van der Waals surface area contributed by atoms with Gasteiger partial charge in [0.15, 0.2) is 0 Å². The van der Waals surface area contributed by atoms with E-state index in [1.807, 2.05) is 0 Å². The number of benzene rings is 2. The summed E-state index contributed by atoms with van der Waals surface area (Å²) < 4.78 is 34.6. The SMILES string of the molecule is [2H]C(c1ccccc1)S(=O)(=O)N[C@@H](Cc1ccccc1)C(=O)O. The van der Waals surface area contributed by atoms with Gasteiger partial charge in [0.1, 0.15) is 6.04 Å². The second kappa shape index (κ2) is 7.20. The Kier molecular flexibility index (Phi) is 4.82. The van der Waals surface area contributed by atoms with Crippen molar-refractivity contribution in [2.45, 2.75) is 18.2 Å². The fraction of sp³-hybridized carbons (Fsp3) is 0.188. The van der Waals surface area contributed by atoms with Gasteiger partial charge in [-0.2, -0.15) is 0 Å². The van der Waals surface area contributed by atoms with E-state index >= 15 is 0 Å². The zero-order valence-electron chi connectivity index (χ0n) is 12.7. The summed E-state index contributed by atoms with van der Waals surface area (Å²) in [6.45, 7) is 0. The maximum atomic E-state index is 12.3. The Labute approximate surface area is 131 Å². The molecule has 2 aromatic carbocycles. The highest BCUT2D eigenvalue weighted by molar-refractivity contribution is 7.88. The largest absolute Gasteiger partial charge is 0.480 e. The van der Waals surface area contributed by atoms with E-state index < -0.39 is 27.8 Å². The summed E-state index contributed by atoms with van der Waals surface area (Å²) in [5.74, 6) is -1.28. The maximum absolute atomic E-state index is 12.3. The molecule has 0 radical (unpaired) electrons. The normalized spacial score (nSPS) is 14.8. The molecule has 2 atom stereocenters. The number of carbonyl (C=O) groups is 1. The maximum Gasteiger partial charge on any atom is 0.322 e. The van der Waals surface area contributed by atoms with Crippen LogP contribution in [0.25, 0.3) is 0 Å². The van der Waals surface area contributed by atoms with Crippen molar-refractivity contribution in [3.05, 3.63) is 71.8 Å². The number of carboxylic acid groups (broad SMARTS) is 1. The third-order valence-corrected chi connectivity index (χ3v) is 4.17. The summed E-state index contributed by atoms with van der Waals surface area (Å²) in [5.41, 5.74) is -0.603. The van der Waals surface area contributed by atoms with Gasteiger partial charge in [0.25, 0.3) is 0 Å². The van der Waals surface area contributed by atoms with Gasteiger partial charge in [-0.1, -0.05) is 60.7 Å². The molecule has 0 saturated carbocycles. The molecule has 0 fully saturated rings. The molecule has 0 amide bonds. The molecular weight excluding hydrogens is 302 g/mol. The summed E-state index contributed by atoms with van der Waals surface area (Å²) in [7, 11) is -4.14. The number of aliphatic carboxylic acids is 1. The van der Waals surface area contributed by atoms with Gasteiger partial charge in [0, 0.05) is 1.37 Å². The highest BCUT2D eigenvalue weighted by Gasteiger charge is 2.24. The van der Waals surface area contributed by atoms with Gasteiger partial charge < -0.3 is 5.11 Å². The topological polar surface area (TPSA) is 83.5 Å². The van der Waals surface area contributed by atoms with Gasteiger partial charge in [-0.15, -0.1) is 0 Å². The lowest BCUT2D eigenvalue weighted by molar-refractivity contribution is -0.138. The first-order chi connectivity index (χ1) is 10.9. The molecule has 22 heavy (non-hydrogen) atoms. The molecule has 5 nitrogen and oxygen atoms in total. The molecule has 1 unspecified atom stereocenters. The first-order valence-corrected chi connectivity index (χ1v) is 8.20. The number of hydrogen-bond acceptors (Lipinski definition) is 3. The lowest BCUT2D eigenvalue weighted by atomic mass is 10.1. The van der Waals surface area contributed by atoms with Crippen LogP contribution in [0.5, 0.6) is 0 Å². The van der Waals surface area contributed by atoms with Gasteiger partial charge in [0.2, 0.25) is 10.0 Å². The Bertz CT molecular complexity index is 750. The van der Waals surface area contributed by atoms with Crippen LogP contribution in [0.2, 0.25) is 0 Å². The van der Waals surface area contributed by atoms with Crippen molar-refractivity contribution in [2.24, 2.45) is 0 Å². The van der Waals surface area contributed by atoms with Gasteiger partial charge in [-0.25, -0.2) is 13.1 Å². The third kappa shape index (κ3) is 4.98. The molecule has 0 aliphatic rings. The first-order valence-electron chi connectivity index (χ1n) is 7.23. The summed E-state index contributed by atoms with van der Waals surface area (Å²) >= 11 is 0. The van der Waals surface area contributed by atoms with Crippen molar-refractivity contribution in [2.75, 3.05) is 0 Å². The zero-order chi connectivity index (χ0) is 16.9. The van der Waals surface area contributed by atoms with E-state index in [2.05, 4.69) is 4.72 Å². The molecular formula is C16H17NO4S. The van der Waals surface area contributed by atoms with E-state index in [0.29, 0.717) is 5.56 Å². The van der Waals surface area contributed by atoms with Gasteiger partial charge in [-0.05, 0) is 17.5 Å². The van der Waals surface area contributed by atoms with E-state index in [-0.39, 0.29) is 12.0 Å². The van der Waals surface area contributed by atoms with Crippen LogP contribution in [0.1, 0.15) is 12.5 Å². The Hall–Kier alpha value is -2.18. The zero-order valence-corrected chi connectivity index (χ0v) is 12.5. The molecule has 0 spiro atoms. The van der Waals surface area contributed by atoms with Gasteiger partial charge in [0.05, 0.1) is 5.73 Å². The highest BCUT2D eigenvalue weighted by atomic mass is 32.2. The number of carboxylic acids is 1. The van der Waals surface area contributed by atoms with Crippen LogP contribution < -0.4 is 4.72 Å². The number of sulfonamides is 1. The Morgan fingerprint density at radius 2 is 1.55 bits per heavy atom. The summed E-state index contributed by atoms with van der Waals surface area (Å²) in [6.07, 6.45) is 0.0108. The van der Waals surface area contributed by atoms with Crippen molar-refractivity contribution >= 4 is 16.0 Å². The quantitative estimate of drug-likeness (QED) is 0.815. The Balaban J connectivity index is 2.17. The average Bonchev–Trinajstić information content (AvgIpc) is 2.55. The van der Waals surface area contributed by atoms with Crippen LogP contribution in [-0.4, -0.2) is 25.5 Å². The predicted molar refractivity (Wildman–Crippen MR) is 83.8 cm³/mol.